The highest BCUT2D eigenvalue weighted by Crippen LogP contribution is 2.30. The zero-order valence-electron chi connectivity index (χ0n) is 18.8. The first-order chi connectivity index (χ1) is 16.1. The smallest absolute Gasteiger partial charge is 0.402 e. The molecule has 0 aliphatic rings. The SMILES string of the molecule is CN=C(NC(=NC(C)c1ccc(C(F)(F)F)cc1)C(C=O)=C(C)N)c1cnc2ccccc2n1. The van der Waals surface area contributed by atoms with Gasteiger partial charge in [0.05, 0.1) is 34.4 Å². The Kier molecular flexibility index (Phi) is 7.40. The number of hydrogen-bond donors (Lipinski definition) is 2. The van der Waals surface area contributed by atoms with E-state index in [-0.39, 0.29) is 22.9 Å². The number of para-hydroxylation sites is 2. The maximum atomic E-state index is 12.9. The summed E-state index contributed by atoms with van der Waals surface area (Å²) >= 11 is 0. The third-order valence-corrected chi connectivity index (χ3v) is 4.99. The predicted octanol–water partition coefficient (Wildman–Crippen LogP) is 4.21. The van der Waals surface area contributed by atoms with Gasteiger partial charge >= 0.3 is 6.18 Å². The average Bonchev–Trinajstić information content (AvgIpc) is 2.81. The van der Waals surface area contributed by atoms with Crippen LogP contribution >= 0.6 is 0 Å². The number of alkyl halides is 3. The minimum absolute atomic E-state index is 0.0914. The highest BCUT2D eigenvalue weighted by atomic mass is 19.4. The molecule has 3 aromatic rings. The minimum atomic E-state index is -4.44. The lowest BCUT2D eigenvalue weighted by atomic mass is 10.1. The topological polar surface area (TPSA) is 106 Å². The molecule has 3 rings (SSSR count). The Bertz CT molecular complexity index is 1280. The molecule has 2 aromatic carbocycles. The lowest BCUT2D eigenvalue weighted by Gasteiger charge is -2.16. The Morgan fingerprint density at radius 3 is 2.32 bits per heavy atom. The summed E-state index contributed by atoms with van der Waals surface area (Å²) in [5, 5.41) is 3.00. The fourth-order valence-corrected chi connectivity index (χ4v) is 3.14. The van der Waals surface area contributed by atoms with Crippen molar-refractivity contribution < 1.29 is 18.0 Å². The Morgan fingerprint density at radius 1 is 1.12 bits per heavy atom. The number of hydrogen-bond acceptors (Lipinski definition) is 6. The molecule has 0 radical (unpaired) electrons. The number of carbonyl (C=O) groups is 1. The van der Waals surface area contributed by atoms with Crippen LogP contribution in [0.5, 0.6) is 0 Å². The number of allylic oxidation sites excluding steroid dienone is 1. The molecule has 0 aliphatic carbocycles. The molecule has 1 aromatic heterocycles. The Balaban J connectivity index is 1.98. The largest absolute Gasteiger partial charge is 0.416 e. The molecule has 176 valence electrons. The monoisotopic (exact) mass is 468 g/mol. The first-order valence-electron chi connectivity index (χ1n) is 10.3. The molecule has 0 saturated heterocycles. The van der Waals surface area contributed by atoms with E-state index in [1.807, 2.05) is 24.3 Å². The van der Waals surface area contributed by atoms with Crippen LogP contribution < -0.4 is 11.1 Å². The van der Waals surface area contributed by atoms with Crippen molar-refractivity contribution in [2.24, 2.45) is 15.7 Å². The van der Waals surface area contributed by atoms with Crippen molar-refractivity contribution in [3.63, 3.8) is 0 Å². The number of halogens is 3. The van der Waals surface area contributed by atoms with Crippen LogP contribution in [0.25, 0.3) is 11.0 Å². The molecule has 0 aliphatic heterocycles. The van der Waals surface area contributed by atoms with Crippen LogP contribution in [0.1, 0.15) is 36.7 Å². The summed E-state index contributed by atoms with van der Waals surface area (Å²) < 4.78 is 38.7. The molecular weight excluding hydrogens is 445 g/mol. The quantitative estimate of drug-likeness (QED) is 0.253. The van der Waals surface area contributed by atoms with Crippen LogP contribution in [-0.2, 0) is 11.0 Å². The molecular formula is C24H23F3N6O. The number of rotatable bonds is 5. The van der Waals surface area contributed by atoms with Crippen molar-refractivity contribution in [2.75, 3.05) is 7.05 Å². The van der Waals surface area contributed by atoms with Gasteiger partial charge in [0.2, 0.25) is 0 Å². The van der Waals surface area contributed by atoms with Crippen LogP contribution in [-0.4, -0.2) is 35.0 Å². The number of aldehydes is 1. The third-order valence-electron chi connectivity index (χ3n) is 4.99. The van der Waals surface area contributed by atoms with E-state index in [1.54, 1.807) is 13.8 Å². The van der Waals surface area contributed by atoms with Crippen molar-refractivity contribution in [2.45, 2.75) is 26.1 Å². The van der Waals surface area contributed by atoms with Gasteiger partial charge in [0.25, 0.3) is 0 Å². The Morgan fingerprint density at radius 2 is 1.76 bits per heavy atom. The van der Waals surface area contributed by atoms with E-state index in [1.165, 1.54) is 25.4 Å². The van der Waals surface area contributed by atoms with Crippen LogP contribution in [0, 0.1) is 0 Å². The molecule has 1 atom stereocenters. The molecule has 1 unspecified atom stereocenters. The highest BCUT2D eigenvalue weighted by molar-refractivity contribution is 6.21. The first kappa shape index (κ1) is 24.6. The first-order valence-corrected chi connectivity index (χ1v) is 10.3. The summed E-state index contributed by atoms with van der Waals surface area (Å²) in [6.45, 7) is 3.24. The average molecular weight is 468 g/mol. The Labute approximate surface area is 194 Å². The van der Waals surface area contributed by atoms with Gasteiger partial charge in [-0.1, -0.05) is 24.3 Å². The number of aliphatic imine (C=N–C) groups is 2. The van der Waals surface area contributed by atoms with Gasteiger partial charge in [0.1, 0.15) is 11.5 Å². The van der Waals surface area contributed by atoms with Crippen molar-refractivity contribution >= 4 is 29.0 Å². The molecule has 3 N–H and O–H groups in total. The van der Waals surface area contributed by atoms with E-state index < -0.39 is 17.8 Å². The third kappa shape index (κ3) is 5.64. The van der Waals surface area contributed by atoms with E-state index in [0.717, 1.165) is 12.1 Å². The van der Waals surface area contributed by atoms with E-state index in [2.05, 4.69) is 25.3 Å². The van der Waals surface area contributed by atoms with E-state index >= 15 is 0 Å². The fraction of sp³-hybridized carbons (Fsp3) is 0.208. The van der Waals surface area contributed by atoms with Crippen LogP contribution in [0.3, 0.4) is 0 Å². The number of nitrogens with two attached hydrogens (primary N) is 1. The van der Waals surface area contributed by atoms with Crippen molar-refractivity contribution in [1.29, 1.82) is 0 Å². The van der Waals surface area contributed by atoms with Gasteiger partial charge in [-0.15, -0.1) is 0 Å². The maximum absolute atomic E-state index is 12.9. The van der Waals surface area contributed by atoms with E-state index in [9.17, 15) is 18.0 Å². The second-order valence-electron chi connectivity index (χ2n) is 7.43. The molecule has 0 spiro atoms. The second-order valence-corrected chi connectivity index (χ2v) is 7.43. The van der Waals surface area contributed by atoms with Crippen LogP contribution in [0.4, 0.5) is 13.2 Å². The predicted molar refractivity (Wildman–Crippen MR) is 125 cm³/mol. The number of benzene rings is 2. The summed E-state index contributed by atoms with van der Waals surface area (Å²) in [6.07, 6.45) is -2.34. The zero-order valence-corrected chi connectivity index (χ0v) is 18.8. The summed E-state index contributed by atoms with van der Waals surface area (Å²) in [6, 6.07) is 11.4. The van der Waals surface area contributed by atoms with Gasteiger partial charge in [-0.05, 0) is 43.7 Å². The number of carbonyl (C=O) groups excluding carboxylic acids is 1. The number of nitrogens with one attached hydrogen (secondary N) is 1. The maximum Gasteiger partial charge on any atom is 0.416 e. The van der Waals surface area contributed by atoms with E-state index in [4.69, 9.17) is 5.73 Å². The summed E-state index contributed by atoms with van der Waals surface area (Å²) in [7, 11) is 1.54. The fourth-order valence-electron chi connectivity index (χ4n) is 3.14. The van der Waals surface area contributed by atoms with Crippen molar-refractivity contribution in [3.05, 3.63) is 82.8 Å². The molecule has 10 heteroatoms. The lowest BCUT2D eigenvalue weighted by molar-refractivity contribution is -0.137. The molecule has 0 saturated carbocycles. The molecule has 0 amide bonds. The van der Waals surface area contributed by atoms with Gasteiger partial charge in [-0.3, -0.25) is 19.8 Å². The van der Waals surface area contributed by atoms with Crippen LogP contribution in [0.15, 0.2) is 76.0 Å². The van der Waals surface area contributed by atoms with Gasteiger partial charge in [0.15, 0.2) is 12.1 Å². The number of aromatic nitrogens is 2. The number of fused-ring (bicyclic) bond motifs is 1. The summed E-state index contributed by atoms with van der Waals surface area (Å²) in [5.74, 6) is 0.398. The van der Waals surface area contributed by atoms with Crippen LogP contribution in [0.2, 0.25) is 0 Å². The van der Waals surface area contributed by atoms with Crippen molar-refractivity contribution in [1.82, 2.24) is 15.3 Å². The standard InChI is InChI=1S/C24H23F3N6O/c1-14(28)18(13-34)22(31-15(2)16-8-10-17(11-9-16)24(25,26)27)33-23(29-3)21-12-30-19-6-4-5-7-20(19)32-21/h4-13,15H,28H2,1-3H3,(H,29,31,33). The summed E-state index contributed by atoms with van der Waals surface area (Å²) in [4.78, 5) is 29.5. The lowest BCUT2D eigenvalue weighted by Crippen LogP contribution is -2.35. The second kappa shape index (κ2) is 10.2. The normalized spacial score (nSPS) is 14.5. The molecule has 34 heavy (non-hydrogen) atoms. The number of nitrogens with zero attached hydrogens (tertiary/aromatic N) is 4. The van der Waals surface area contributed by atoms with Gasteiger partial charge in [-0.25, -0.2) is 4.98 Å². The molecule has 7 nitrogen and oxygen atoms in total. The zero-order chi connectivity index (χ0) is 24.9. The van der Waals surface area contributed by atoms with Gasteiger partial charge in [0, 0.05) is 12.7 Å². The van der Waals surface area contributed by atoms with Gasteiger partial charge < -0.3 is 11.1 Å². The van der Waals surface area contributed by atoms with Gasteiger partial charge in [-0.2, -0.15) is 13.2 Å². The van der Waals surface area contributed by atoms with Crippen molar-refractivity contribution in [3.8, 4) is 0 Å². The minimum Gasteiger partial charge on any atom is -0.402 e. The number of amidine groups is 2. The molecule has 0 bridgehead atoms. The molecule has 1 heterocycles. The summed E-state index contributed by atoms with van der Waals surface area (Å²) in [5.41, 5.74) is 7.73. The Hall–Kier alpha value is -4.08. The molecule has 0 fully saturated rings. The highest BCUT2D eigenvalue weighted by Gasteiger charge is 2.30. The van der Waals surface area contributed by atoms with E-state index in [0.29, 0.717) is 28.6 Å².